The maximum absolute atomic E-state index is 11.9. The lowest BCUT2D eigenvalue weighted by Crippen LogP contribution is -2.23. The van der Waals surface area contributed by atoms with Crippen LogP contribution in [0.1, 0.15) is 15.9 Å². The molecule has 0 saturated carbocycles. The molecule has 0 aliphatic rings. The zero-order valence-corrected chi connectivity index (χ0v) is 10.9. The third-order valence-corrected chi connectivity index (χ3v) is 2.76. The monoisotopic (exact) mass is 292 g/mol. The Balaban J connectivity index is 2.13. The first-order chi connectivity index (χ1) is 9.58. The molecular weight excluding hydrogens is 284 g/mol. The van der Waals surface area contributed by atoms with Gasteiger partial charge in [0.1, 0.15) is 11.3 Å². The predicted molar refractivity (Wildman–Crippen MR) is 71.3 cm³/mol. The summed E-state index contributed by atoms with van der Waals surface area (Å²) >= 11 is 5.77. The third-order valence-electron chi connectivity index (χ3n) is 2.46. The van der Waals surface area contributed by atoms with E-state index in [0.29, 0.717) is 0 Å². The van der Waals surface area contributed by atoms with Gasteiger partial charge in [-0.3, -0.25) is 19.9 Å². The second-order valence-electron chi connectivity index (χ2n) is 3.83. The molecule has 0 spiro atoms. The van der Waals surface area contributed by atoms with E-state index >= 15 is 0 Å². The van der Waals surface area contributed by atoms with Gasteiger partial charge in [0.05, 0.1) is 10.5 Å². The van der Waals surface area contributed by atoms with Crippen LogP contribution in [0.3, 0.4) is 0 Å². The standard InChI is InChI=1S/C12H9ClN4O3/c13-11-10(4-9(7-15-11)17(19)20)12(18)16-6-8-2-1-3-14-5-8/h1-5,7H,6H2,(H,16,18). The first-order valence-electron chi connectivity index (χ1n) is 5.55. The largest absolute Gasteiger partial charge is 0.348 e. The van der Waals surface area contributed by atoms with Crippen LogP contribution in [0.5, 0.6) is 0 Å². The van der Waals surface area contributed by atoms with Gasteiger partial charge in [0.15, 0.2) is 0 Å². The fourth-order valence-electron chi connectivity index (χ4n) is 1.48. The number of hydrogen-bond donors (Lipinski definition) is 1. The van der Waals surface area contributed by atoms with Crippen LogP contribution < -0.4 is 5.32 Å². The number of halogens is 1. The molecule has 0 unspecified atom stereocenters. The van der Waals surface area contributed by atoms with Gasteiger partial charge in [-0.2, -0.15) is 0 Å². The summed E-state index contributed by atoms with van der Waals surface area (Å²) < 4.78 is 0. The molecule has 2 rings (SSSR count). The number of hydrogen-bond acceptors (Lipinski definition) is 5. The molecule has 8 heteroatoms. The lowest BCUT2D eigenvalue weighted by Gasteiger charge is -2.06. The first-order valence-corrected chi connectivity index (χ1v) is 5.93. The molecule has 0 aromatic carbocycles. The number of aromatic nitrogens is 2. The van der Waals surface area contributed by atoms with E-state index in [1.54, 1.807) is 24.5 Å². The first kappa shape index (κ1) is 13.9. The summed E-state index contributed by atoms with van der Waals surface area (Å²) in [5, 5.41) is 13.2. The Morgan fingerprint density at radius 3 is 2.90 bits per heavy atom. The van der Waals surface area contributed by atoms with Gasteiger partial charge < -0.3 is 5.32 Å². The molecule has 0 atom stereocenters. The molecule has 0 aliphatic heterocycles. The van der Waals surface area contributed by atoms with Gasteiger partial charge in [-0.25, -0.2) is 4.98 Å². The van der Waals surface area contributed by atoms with Crippen LogP contribution in [0.4, 0.5) is 5.69 Å². The second kappa shape index (κ2) is 6.07. The van der Waals surface area contributed by atoms with Crippen molar-refractivity contribution >= 4 is 23.2 Å². The SMILES string of the molecule is O=C(NCc1cccnc1)c1cc([N+](=O)[O-])cnc1Cl. The summed E-state index contributed by atoms with van der Waals surface area (Å²) in [5.41, 5.74) is 0.473. The van der Waals surface area contributed by atoms with E-state index in [0.717, 1.165) is 17.8 Å². The fraction of sp³-hybridized carbons (Fsp3) is 0.0833. The zero-order valence-electron chi connectivity index (χ0n) is 10.1. The number of rotatable bonds is 4. The van der Waals surface area contributed by atoms with Gasteiger partial charge in [-0.05, 0) is 11.6 Å². The molecule has 20 heavy (non-hydrogen) atoms. The fourth-order valence-corrected chi connectivity index (χ4v) is 1.67. The number of pyridine rings is 2. The number of carbonyl (C=O) groups excluding carboxylic acids is 1. The summed E-state index contributed by atoms with van der Waals surface area (Å²) in [7, 11) is 0. The molecule has 0 aliphatic carbocycles. The smallest absolute Gasteiger partial charge is 0.288 e. The van der Waals surface area contributed by atoms with Crippen molar-refractivity contribution in [2.45, 2.75) is 6.54 Å². The van der Waals surface area contributed by atoms with Crippen molar-refractivity contribution in [2.75, 3.05) is 0 Å². The third kappa shape index (κ3) is 3.27. The molecule has 7 nitrogen and oxygen atoms in total. The summed E-state index contributed by atoms with van der Waals surface area (Å²) in [6.45, 7) is 0.242. The van der Waals surface area contributed by atoms with Crippen LogP contribution in [0, 0.1) is 10.1 Å². The quantitative estimate of drug-likeness (QED) is 0.528. The van der Waals surface area contributed by atoms with Crippen molar-refractivity contribution in [3.05, 3.63) is 63.2 Å². The van der Waals surface area contributed by atoms with Crippen molar-refractivity contribution in [1.82, 2.24) is 15.3 Å². The van der Waals surface area contributed by atoms with Gasteiger partial charge in [-0.15, -0.1) is 0 Å². The maximum Gasteiger partial charge on any atom is 0.288 e. The van der Waals surface area contributed by atoms with Crippen LogP contribution >= 0.6 is 11.6 Å². The van der Waals surface area contributed by atoms with Crippen molar-refractivity contribution in [3.63, 3.8) is 0 Å². The highest BCUT2D eigenvalue weighted by atomic mass is 35.5. The summed E-state index contributed by atoms with van der Waals surface area (Å²) in [4.78, 5) is 29.5. The molecule has 102 valence electrons. The minimum absolute atomic E-state index is 0.0373. The van der Waals surface area contributed by atoms with E-state index in [-0.39, 0.29) is 22.9 Å². The highest BCUT2D eigenvalue weighted by Crippen LogP contribution is 2.19. The van der Waals surface area contributed by atoms with E-state index < -0.39 is 10.8 Å². The van der Waals surface area contributed by atoms with Gasteiger partial charge in [0.2, 0.25) is 0 Å². The van der Waals surface area contributed by atoms with Gasteiger partial charge in [-0.1, -0.05) is 17.7 Å². The zero-order chi connectivity index (χ0) is 14.5. The van der Waals surface area contributed by atoms with Crippen molar-refractivity contribution < 1.29 is 9.72 Å². The number of amides is 1. The Morgan fingerprint density at radius 1 is 1.45 bits per heavy atom. The number of nitrogens with one attached hydrogen (secondary N) is 1. The molecule has 0 saturated heterocycles. The van der Waals surface area contributed by atoms with Gasteiger partial charge in [0.25, 0.3) is 11.6 Å². The molecule has 2 heterocycles. The molecule has 0 fully saturated rings. The summed E-state index contributed by atoms with van der Waals surface area (Å²) in [6.07, 6.45) is 4.22. The Labute approximate surface area is 118 Å². The maximum atomic E-state index is 11.9. The topological polar surface area (TPSA) is 98.0 Å². The van der Waals surface area contributed by atoms with Crippen LogP contribution in [0.25, 0.3) is 0 Å². The van der Waals surface area contributed by atoms with E-state index in [1.165, 1.54) is 0 Å². The average Bonchev–Trinajstić information content (AvgIpc) is 2.46. The van der Waals surface area contributed by atoms with E-state index in [4.69, 9.17) is 11.6 Å². The van der Waals surface area contributed by atoms with Crippen LogP contribution in [0.15, 0.2) is 36.8 Å². The van der Waals surface area contributed by atoms with Crippen LogP contribution in [-0.2, 0) is 6.54 Å². The van der Waals surface area contributed by atoms with E-state index in [9.17, 15) is 14.9 Å². The number of nitrogens with zero attached hydrogens (tertiary/aromatic N) is 3. The highest BCUT2D eigenvalue weighted by Gasteiger charge is 2.16. The van der Waals surface area contributed by atoms with Crippen molar-refractivity contribution in [1.29, 1.82) is 0 Å². The Bertz CT molecular complexity index is 648. The van der Waals surface area contributed by atoms with E-state index in [2.05, 4.69) is 15.3 Å². The lowest BCUT2D eigenvalue weighted by atomic mass is 10.2. The number of nitro groups is 1. The molecule has 1 amide bonds. The predicted octanol–water partition coefficient (Wildman–Crippen LogP) is 1.97. The highest BCUT2D eigenvalue weighted by molar-refractivity contribution is 6.32. The second-order valence-corrected chi connectivity index (χ2v) is 4.19. The Hall–Kier alpha value is -2.54. The minimum Gasteiger partial charge on any atom is -0.348 e. The molecule has 0 bridgehead atoms. The Kier molecular flexibility index (Phi) is 4.21. The molecular formula is C12H9ClN4O3. The van der Waals surface area contributed by atoms with Crippen LogP contribution in [-0.4, -0.2) is 20.8 Å². The van der Waals surface area contributed by atoms with E-state index in [1.807, 2.05) is 0 Å². The minimum atomic E-state index is -0.638. The van der Waals surface area contributed by atoms with Crippen molar-refractivity contribution in [2.24, 2.45) is 0 Å². The lowest BCUT2D eigenvalue weighted by molar-refractivity contribution is -0.385. The Morgan fingerprint density at radius 2 is 2.25 bits per heavy atom. The summed E-state index contributed by atoms with van der Waals surface area (Å²) in [5.74, 6) is -0.532. The molecule has 0 radical (unpaired) electrons. The average molecular weight is 293 g/mol. The van der Waals surface area contributed by atoms with Gasteiger partial charge >= 0.3 is 0 Å². The molecule has 2 aromatic rings. The van der Waals surface area contributed by atoms with Crippen LogP contribution in [0.2, 0.25) is 5.15 Å². The molecule has 2 aromatic heterocycles. The number of carbonyl (C=O) groups is 1. The van der Waals surface area contributed by atoms with Gasteiger partial charge in [0, 0.05) is 25.0 Å². The normalized spacial score (nSPS) is 10.1. The van der Waals surface area contributed by atoms with Crippen molar-refractivity contribution in [3.8, 4) is 0 Å². The molecule has 1 N–H and O–H groups in total. The summed E-state index contributed by atoms with van der Waals surface area (Å²) in [6, 6.07) is 4.62.